The van der Waals surface area contributed by atoms with Crippen molar-refractivity contribution in [3.05, 3.63) is 82.2 Å². The first-order valence-electron chi connectivity index (χ1n) is 8.36. The van der Waals surface area contributed by atoms with E-state index in [0.717, 1.165) is 0 Å². The number of hydrogen-bond donors (Lipinski definition) is 0. The number of ether oxygens (including phenoxy) is 1. The maximum Gasteiger partial charge on any atom is 0.373 e. The summed E-state index contributed by atoms with van der Waals surface area (Å²) in [6, 6.07) is 18.5. The second-order valence-corrected chi connectivity index (χ2v) is 6.00. The average Bonchev–Trinajstić information content (AvgIpc) is 3.23. The fraction of sp³-hybridized carbons (Fsp3) is 0.0455. The Morgan fingerprint density at radius 3 is 2.50 bits per heavy atom. The van der Waals surface area contributed by atoms with Crippen molar-refractivity contribution >= 4 is 16.9 Å². The van der Waals surface area contributed by atoms with Crippen LogP contribution in [-0.2, 0) is 4.74 Å². The Morgan fingerprint density at radius 1 is 1.00 bits per heavy atom. The first-order valence-corrected chi connectivity index (χ1v) is 8.36. The Morgan fingerprint density at radius 2 is 1.79 bits per heavy atom. The van der Waals surface area contributed by atoms with E-state index >= 15 is 0 Å². The lowest BCUT2D eigenvalue weighted by Crippen LogP contribution is -2.01. The lowest BCUT2D eigenvalue weighted by atomic mass is 10.1. The Labute approximate surface area is 159 Å². The Balaban J connectivity index is 1.89. The molecule has 0 atom stereocenters. The zero-order valence-electron chi connectivity index (χ0n) is 14.8. The molecule has 4 rings (SSSR count). The van der Waals surface area contributed by atoms with Gasteiger partial charge in [0.05, 0.1) is 29.7 Å². The summed E-state index contributed by atoms with van der Waals surface area (Å²) in [7, 11) is 1.27. The predicted octanol–water partition coefficient (Wildman–Crippen LogP) is 4.38. The molecule has 6 nitrogen and oxygen atoms in total. The van der Waals surface area contributed by atoms with Crippen LogP contribution >= 0.6 is 0 Å². The Kier molecular flexibility index (Phi) is 4.26. The standard InChI is InChI=1S/C22H13NO5/c1-26-22(25)19-10-9-18(27-19)16-4-2-3-15-17(24)11-20(28-21(15)16)14-7-5-13(12-23)6-8-14/h2-11H,1H3. The van der Waals surface area contributed by atoms with Crippen LogP contribution in [0.15, 0.2) is 74.3 Å². The first-order chi connectivity index (χ1) is 13.6. The predicted molar refractivity (Wildman–Crippen MR) is 102 cm³/mol. The molecule has 0 unspecified atom stereocenters. The second-order valence-electron chi connectivity index (χ2n) is 6.00. The average molecular weight is 371 g/mol. The molecule has 0 aliphatic rings. The highest BCUT2D eigenvalue weighted by Crippen LogP contribution is 2.31. The number of furan rings is 1. The zero-order chi connectivity index (χ0) is 19.7. The molecule has 0 N–H and O–H groups in total. The third-order valence-electron chi connectivity index (χ3n) is 4.31. The second kappa shape index (κ2) is 6.89. The summed E-state index contributed by atoms with van der Waals surface area (Å²) in [6.07, 6.45) is 0. The van der Waals surface area contributed by atoms with Gasteiger partial charge in [-0.1, -0.05) is 6.07 Å². The van der Waals surface area contributed by atoms with Gasteiger partial charge in [-0.05, 0) is 48.5 Å². The van der Waals surface area contributed by atoms with Crippen molar-refractivity contribution in [3.8, 4) is 28.7 Å². The van der Waals surface area contributed by atoms with Crippen molar-refractivity contribution in [2.45, 2.75) is 0 Å². The normalized spacial score (nSPS) is 10.6. The highest BCUT2D eigenvalue weighted by molar-refractivity contribution is 5.93. The summed E-state index contributed by atoms with van der Waals surface area (Å²) in [5, 5.41) is 9.33. The lowest BCUT2D eigenvalue weighted by molar-refractivity contribution is 0.0566. The Bertz CT molecular complexity index is 1290. The van der Waals surface area contributed by atoms with Crippen molar-refractivity contribution in [2.75, 3.05) is 7.11 Å². The van der Waals surface area contributed by atoms with Gasteiger partial charge in [-0.3, -0.25) is 4.79 Å². The van der Waals surface area contributed by atoms with E-state index in [2.05, 4.69) is 10.8 Å². The van der Waals surface area contributed by atoms with Crippen LogP contribution in [0, 0.1) is 11.3 Å². The quantitative estimate of drug-likeness (QED) is 0.496. The lowest BCUT2D eigenvalue weighted by Gasteiger charge is -2.06. The van der Waals surface area contributed by atoms with Crippen LogP contribution in [0.25, 0.3) is 33.6 Å². The molecule has 0 aliphatic heterocycles. The fourth-order valence-corrected chi connectivity index (χ4v) is 2.92. The smallest absolute Gasteiger partial charge is 0.373 e. The van der Waals surface area contributed by atoms with Crippen molar-refractivity contribution in [2.24, 2.45) is 0 Å². The number of nitriles is 1. The number of fused-ring (bicyclic) bond motifs is 1. The molecule has 0 spiro atoms. The van der Waals surface area contributed by atoms with E-state index in [9.17, 15) is 9.59 Å². The van der Waals surface area contributed by atoms with Gasteiger partial charge in [0.25, 0.3) is 0 Å². The van der Waals surface area contributed by atoms with Gasteiger partial charge in [-0.25, -0.2) is 4.79 Å². The van der Waals surface area contributed by atoms with Crippen molar-refractivity contribution in [3.63, 3.8) is 0 Å². The molecule has 2 heterocycles. The number of nitrogens with zero attached hydrogens (tertiary/aromatic N) is 1. The number of carbonyl (C=O) groups excluding carboxylic acids is 1. The monoisotopic (exact) mass is 371 g/mol. The topological polar surface area (TPSA) is 93.4 Å². The minimum Gasteiger partial charge on any atom is -0.463 e. The molecule has 0 saturated carbocycles. The van der Waals surface area contributed by atoms with Gasteiger partial charge in [0.15, 0.2) is 5.43 Å². The van der Waals surface area contributed by atoms with E-state index in [-0.39, 0.29) is 11.2 Å². The van der Waals surface area contributed by atoms with Gasteiger partial charge in [-0.2, -0.15) is 5.26 Å². The molecule has 6 heteroatoms. The number of benzene rings is 2. The number of esters is 1. The molecule has 0 saturated heterocycles. The highest BCUT2D eigenvalue weighted by Gasteiger charge is 2.17. The number of hydrogen-bond acceptors (Lipinski definition) is 6. The molecule has 0 radical (unpaired) electrons. The van der Waals surface area contributed by atoms with Gasteiger partial charge >= 0.3 is 5.97 Å². The van der Waals surface area contributed by atoms with Crippen LogP contribution in [0.4, 0.5) is 0 Å². The van der Waals surface area contributed by atoms with E-state index in [1.807, 2.05) is 0 Å². The molecule has 136 valence electrons. The van der Waals surface area contributed by atoms with Gasteiger partial charge in [0, 0.05) is 11.6 Å². The maximum absolute atomic E-state index is 12.6. The summed E-state index contributed by atoms with van der Waals surface area (Å²) >= 11 is 0. The zero-order valence-corrected chi connectivity index (χ0v) is 14.8. The van der Waals surface area contributed by atoms with E-state index in [1.54, 1.807) is 48.5 Å². The van der Waals surface area contributed by atoms with Crippen LogP contribution in [0.5, 0.6) is 0 Å². The molecule has 28 heavy (non-hydrogen) atoms. The van der Waals surface area contributed by atoms with Gasteiger partial charge in [0.1, 0.15) is 17.1 Å². The van der Waals surface area contributed by atoms with Crippen LogP contribution in [0.2, 0.25) is 0 Å². The van der Waals surface area contributed by atoms with Crippen LogP contribution in [0.1, 0.15) is 16.1 Å². The molecular formula is C22H13NO5. The summed E-state index contributed by atoms with van der Waals surface area (Å²) < 4.78 is 16.3. The van der Waals surface area contributed by atoms with Gasteiger partial charge < -0.3 is 13.6 Å². The number of para-hydroxylation sites is 1. The molecule has 0 bridgehead atoms. The third kappa shape index (κ3) is 2.95. The summed E-state index contributed by atoms with van der Waals surface area (Å²) in [5.74, 6) is 0.214. The fourth-order valence-electron chi connectivity index (χ4n) is 2.92. The van der Waals surface area contributed by atoms with E-state index in [0.29, 0.717) is 39.2 Å². The third-order valence-corrected chi connectivity index (χ3v) is 4.31. The van der Waals surface area contributed by atoms with Crippen molar-refractivity contribution < 1.29 is 18.4 Å². The molecule has 2 aromatic heterocycles. The summed E-state index contributed by atoms with van der Waals surface area (Å²) in [6.45, 7) is 0. The van der Waals surface area contributed by atoms with Crippen LogP contribution in [0.3, 0.4) is 0 Å². The Hall–Kier alpha value is -4.11. The van der Waals surface area contributed by atoms with Crippen LogP contribution < -0.4 is 5.43 Å². The molecule has 2 aromatic carbocycles. The molecular weight excluding hydrogens is 358 g/mol. The minimum absolute atomic E-state index is 0.0556. The van der Waals surface area contributed by atoms with E-state index in [1.165, 1.54) is 19.2 Å². The van der Waals surface area contributed by atoms with Crippen molar-refractivity contribution in [1.82, 2.24) is 0 Å². The molecule has 0 fully saturated rings. The van der Waals surface area contributed by atoms with E-state index in [4.69, 9.17) is 14.1 Å². The summed E-state index contributed by atoms with van der Waals surface area (Å²) in [5.41, 5.74) is 1.86. The van der Waals surface area contributed by atoms with E-state index < -0.39 is 5.97 Å². The van der Waals surface area contributed by atoms with Gasteiger partial charge in [-0.15, -0.1) is 0 Å². The minimum atomic E-state index is -0.591. The summed E-state index contributed by atoms with van der Waals surface area (Å²) in [4.78, 5) is 24.3. The largest absolute Gasteiger partial charge is 0.463 e. The number of methoxy groups -OCH3 is 1. The van der Waals surface area contributed by atoms with Crippen molar-refractivity contribution in [1.29, 1.82) is 5.26 Å². The molecule has 0 aliphatic carbocycles. The highest BCUT2D eigenvalue weighted by atomic mass is 16.5. The van der Waals surface area contributed by atoms with Crippen LogP contribution in [-0.4, -0.2) is 13.1 Å². The first kappa shape index (κ1) is 17.3. The number of rotatable bonds is 3. The molecule has 0 amide bonds. The van der Waals surface area contributed by atoms with Gasteiger partial charge in [0.2, 0.25) is 5.76 Å². The SMILES string of the molecule is COC(=O)c1ccc(-c2cccc3c(=O)cc(-c4ccc(C#N)cc4)oc23)o1. The number of carbonyl (C=O) groups is 1. The molecule has 4 aromatic rings. The maximum atomic E-state index is 12.6.